The molecule has 0 spiro atoms. The van der Waals surface area contributed by atoms with Gasteiger partial charge in [0.05, 0.1) is 6.61 Å². The van der Waals surface area contributed by atoms with Gasteiger partial charge in [0, 0.05) is 39.1 Å². The van der Waals surface area contributed by atoms with Crippen molar-refractivity contribution in [3.63, 3.8) is 0 Å². The monoisotopic (exact) mass is 312 g/mol. The fourth-order valence-corrected chi connectivity index (χ4v) is 1.83. The smallest absolute Gasteiger partial charge is 0.333 e. The molecular weight excluding hydrogens is 284 g/mol. The van der Waals surface area contributed by atoms with E-state index in [-0.39, 0.29) is 17.8 Å². The summed E-state index contributed by atoms with van der Waals surface area (Å²) in [4.78, 5) is 35.2. The molecule has 0 aliphatic heterocycles. The van der Waals surface area contributed by atoms with Crippen molar-refractivity contribution in [3.05, 3.63) is 12.2 Å². The topological polar surface area (TPSA) is 75.7 Å². The van der Waals surface area contributed by atoms with E-state index in [1.807, 2.05) is 0 Å². The molecule has 126 valence electrons. The third kappa shape index (κ3) is 10.9. The lowest BCUT2D eigenvalue weighted by molar-refractivity contribution is -0.139. The van der Waals surface area contributed by atoms with E-state index in [2.05, 4.69) is 11.9 Å². The van der Waals surface area contributed by atoms with Gasteiger partial charge in [0.2, 0.25) is 11.8 Å². The van der Waals surface area contributed by atoms with E-state index in [1.165, 1.54) is 6.92 Å². The second-order valence-electron chi connectivity index (χ2n) is 5.32. The molecule has 0 rings (SSSR count). The Balaban J connectivity index is 3.73. The maximum atomic E-state index is 11.5. The predicted molar refractivity (Wildman–Crippen MR) is 85.2 cm³/mol. The first kappa shape index (κ1) is 20.1. The van der Waals surface area contributed by atoms with E-state index < -0.39 is 0 Å². The van der Waals surface area contributed by atoms with Crippen LogP contribution in [0, 0.1) is 0 Å². The van der Waals surface area contributed by atoms with Crippen LogP contribution in [0.2, 0.25) is 0 Å². The highest BCUT2D eigenvalue weighted by Crippen LogP contribution is 2.02. The lowest BCUT2D eigenvalue weighted by Crippen LogP contribution is -2.33. The van der Waals surface area contributed by atoms with Gasteiger partial charge in [-0.15, -0.1) is 0 Å². The maximum Gasteiger partial charge on any atom is 0.333 e. The van der Waals surface area contributed by atoms with Gasteiger partial charge in [-0.1, -0.05) is 6.58 Å². The van der Waals surface area contributed by atoms with Gasteiger partial charge < -0.3 is 15.0 Å². The molecule has 0 aliphatic carbocycles. The molecule has 0 aromatic carbocycles. The maximum absolute atomic E-state index is 11.5. The molecule has 0 atom stereocenters. The number of carbonyl (C=O) groups excluding carboxylic acids is 3. The summed E-state index contributed by atoms with van der Waals surface area (Å²) in [6.07, 6.45) is 3.27. The van der Waals surface area contributed by atoms with Crippen molar-refractivity contribution < 1.29 is 19.1 Å². The van der Waals surface area contributed by atoms with E-state index in [4.69, 9.17) is 4.74 Å². The normalized spacial score (nSPS) is 9.95. The number of ether oxygens (including phenoxy) is 1. The van der Waals surface area contributed by atoms with Crippen LogP contribution in [-0.4, -0.2) is 48.9 Å². The molecule has 22 heavy (non-hydrogen) atoms. The summed E-state index contributed by atoms with van der Waals surface area (Å²) in [5.74, 6) is -0.376. The van der Waals surface area contributed by atoms with Crippen molar-refractivity contribution in [3.8, 4) is 0 Å². The average molecular weight is 312 g/mol. The molecule has 6 heteroatoms. The molecule has 0 aromatic rings. The Bertz CT molecular complexity index is 394. The molecule has 0 aromatic heterocycles. The number of hydrogen-bond donors (Lipinski definition) is 1. The molecule has 0 unspecified atom stereocenters. The van der Waals surface area contributed by atoms with Crippen molar-refractivity contribution in [1.29, 1.82) is 0 Å². The summed E-state index contributed by atoms with van der Waals surface area (Å²) in [5.41, 5.74) is 0.405. The van der Waals surface area contributed by atoms with Gasteiger partial charge in [-0.25, -0.2) is 4.79 Å². The van der Waals surface area contributed by atoms with Crippen LogP contribution in [0.25, 0.3) is 0 Å². The molecule has 1 N–H and O–H groups in total. The Labute approximate surface area is 132 Å². The summed E-state index contributed by atoms with van der Waals surface area (Å²) < 4.78 is 5.00. The van der Waals surface area contributed by atoms with Gasteiger partial charge >= 0.3 is 5.97 Å². The first-order valence-corrected chi connectivity index (χ1v) is 7.67. The van der Waals surface area contributed by atoms with Gasteiger partial charge in [0.25, 0.3) is 0 Å². The number of carbonyl (C=O) groups is 3. The summed E-state index contributed by atoms with van der Waals surface area (Å²) in [6.45, 7) is 10.4. The third-order valence-corrected chi connectivity index (χ3v) is 3.08. The van der Waals surface area contributed by atoms with E-state index in [9.17, 15) is 14.4 Å². The number of hydrogen-bond acceptors (Lipinski definition) is 4. The second-order valence-corrected chi connectivity index (χ2v) is 5.32. The summed E-state index contributed by atoms with van der Waals surface area (Å²) in [6, 6.07) is 0. The van der Waals surface area contributed by atoms with Crippen molar-refractivity contribution in [2.24, 2.45) is 0 Å². The number of nitrogens with one attached hydrogen (secondary N) is 1. The van der Waals surface area contributed by atoms with E-state index >= 15 is 0 Å². The van der Waals surface area contributed by atoms with Gasteiger partial charge in [-0.3, -0.25) is 9.59 Å². The SMILES string of the molecule is C=C(C)C(=O)OCCCCCN(CCCNC(C)=O)C(C)=O. The zero-order valence-electron chi connectivity index (χ0n) is 13.9. The highest BCUT2D eigenvalue weighted by atomic mass is 16.5. The number of rotatable bonds is 11. The standard InChI is InChI=1S/C16H28N2O4/c1-13(2)16(21)22-12-7-5-6-10-18(15(4)20)11-8-9-17-14(3)19/h1,5-12H2,2-4H3,(H,17,19). The van der Waals surface area contributed by atoms with Crippen molar-refractivity contribution in [2.75, 3.05) is 26.2 Å². The quantitative estimate of drug-likeness (QED) is 0.357. The average Bonchev–Trinajstić information content (AvgIpc) is 2.43. The van der Waals surface area contributed by atoms with Gasteiger partial charge in [-0.2, -0.15) is 0 Å². The van der Waals surface area contributed by atoms with Crippen molar-refractivity contribution in [2.45, 2.75) is 46.5 Å². The first-order chi connectivity index (χ1) is 10.3. The molecule has 0 saturated heterocycles. The summed E-state index contributed by atoms with van der Waals surface area (Å²) in [7, 11) is 0. The minimum absolute atomic E-state index is 0.0385. The molecule has 2 amide bonds. The van der Waals surface area contributed by atoms with Gasteiger partial charge in [0.1, 0.15) is 0 Å². The fourth-order valence-electron chi connectivity index (χ4n) is 1.83. The van der Waals surface area contributed by atoms with E-state index in [0.717, 1.165) is 25.7 Å². The minimum Gasteiger partial charge on any atom is -0.462 e. The van der Waals surface area contributed by atoms with Gasteiger partial charge in [-0.05, 0) is 32.6 Å². The molecule has 0 heterocycles. The Kier molecular flexibility index (Phi) is 10.8. The molecule has 0 aliphatic rings. The Morgan fingerprint density at radius 3 is 2.18 bits per heavy atom. The van der Waals surface area contributed by atoms with Crippen molar-refractivity contribution >= 4 is 17.8 Å². The Morgan fingerprint density at radius 1 is 1.00 bits per heavy atom. The predicted octanol–water partition coefficient (Wildman–Crippen LogP) is 1.65. The lowest BCUT2D eigenvalue weighted by Gasteiger charge is -2.21. The van der Waals surface area contributed by atoms with Gasteiger partial charge in [0.15, 0.2) is 0 Å². The van der Waals surface area contributed by atoms with E-state index in [0.29, 0.717) is 31.8 Å². The Hall–Kier alpha value is -1.85. The number of nitrogens with zero attached hydrogens (tertiary/aromatic N) is 1. The zero-order chi connectivity index (χ0) is 17.0. The van der Waals surface area contributed by atoms with E-state index in [1.54, 1.807) is 18.7 Å². The van der Waals surface area contributed by atoms with Crippen LogP contribution in [0.5, 0.6) is 0 Å². The van der Waals surface area contributed by atoms with Crippen LogP contribution in [0.15, 0.2) is 12.2 Å². The molecule has 0 saturated carbocycles. The Morgan fingerprint density at radius 2 is 1.64 bits per heavy atom. The molecule has 0 radical (unpaired) electrons. The highest BCUT2D eigenvalue weighted by molar-refractivity contribution is 5.86. The number of unbranched alkanes of at least 4 members (excludes halogenated alkanes) is 2. The van der Waals surface area contributed by atoms with Crippen LogP contribution < -0.4 is 5.32 Å². The van der Waals surface area contributed by atoms with Crippen LogP contribution in [0.1, 0.15) is 46.5 Å². The summed E-state index contributed by atoms with van der Waals surface area (Å²) in [5, 5.41) is 2.71. The largest absolute Gasteiger partial charge is 0.462 e. The second kappa shape index (κ2) is 11.8. The van der Waals surface area contributed by atoms with Crippen LogP contribution in [0.3, 0.4) is 0 Å². The van der Waals surface area contributed by atoms with Crippen LogP contribution >= 0.6 is 0 Å². The molecule has 0 bridgehead atoms. The molecule has 6 nitrogen and oxygen atoms in total. The van der Waals surface area contributed by atoms with Crippen LogP contribution in [0.4, 0.5) is 0 Å². The van der Waals surface area contributed by atoms with Crippen molar-refractivity contribution in [1.82, 2.24) is 10.2 Å². The molecular formula is C16H28N2O4. The number of esters is 1. The lowest BCUT2D eigenvalue weighted by atomic mass is 10.2. The summed E-state index contributed by atoms with van der Waals surface area (Å²) >= 11 is 0. The highest BCUT2D eigenvalue weighted by Gasteiger charge is 2.08. The third-order valence-electron chi connectivity index (χ3n) is 3.08. The zero-order valence-corrected chi connectivity index (χ0v) is 13.9. The van der Waals surface area contributed by atoms with Crippen LogP contribution in [-0.2, 0) is 19.1 Å². The number of amides is 2. The molecule has 0 fully saturated rings. The fraction of sp³-hybridized carbons (Fsp3) is 0.688. The minimum atomic E-state index is -0.358. The first-order valence-electron chi connectivity index (χ1n) is 7.67.